The number of rotatable bonds is 6. The van der Waals surface area contributed by atoms with Crippen LogP contribution in [0.5, 0.6) is 5.75 Å². The van der Waals surface area contributed by atoms with Crippen LogP contribution in [0.3, 0.4) is 0 Å². The van der Waals surface area contributed by atoms with Gasteiger partial charge in [-0.2, -0.15) is 0 Å². The second kappa shape index (κ2) is 8.24. The zero-order chi connectivity index (χ0) is 23.3. The lowest BCUT2D eigenvalue weighted by Crippen LogP contribution is -2.48. The highest BCUT2D eigenvalue weighted by Gasteiger charge is 2.52. The molecule has 34 heavy (non-hydrogen) atoms. The first-order valence-electron chi connectivity index (χ1n) is 12.5. The second-order valence-electron chi connectivity index (χ2n) is 10.7. The molecular weight excluding hydrogens is 428 g/mol. The normalized spacial score (nSPS) is 31.3. The van der Waals surface area contributed by atoms with Crippen molar-refractivity contribution in [3.63, 3.8) is 0 Å². The molecule has 1 aliphatic heterocycles. The Balaban J connectivity index is 1.41. The van der Waals surface area contributed by atoms with E-state index in [1.807, 2.05) is 24.3 Å². The van der Waals surface area contributed by atoms with Crippen LogP contribution in [0.1, 0.15) is 60.8 Å². The molecule has 178 valence electrons. The molecule has 2 aromatic carbocycles. The van der Waals surface area contributed by atoms with Crippen LogP contribution in [0.2, 0.25) is 0 Å². The number of aliphatic carboxylic acids is 1. The topological polar surface area (TPSA) is 65.0 Å². The monoisotopic (exact) mass is 460 g/mol. The van der Waals surface area contributed by atoms with Gasteiger partial charge in [-0.3, -0.25) is 0 Å². The summed E-state index contributed by atoms with van der Waals surface area (Å²) in [5, 5.41) is 8.92. The standard InChI is InChI=1S/C29H32O5/c1-32-26-8-7-24(28-16-20-12-21(17-28)14-22(13-20)18-28)15-25(26)29(33-10-11-34-29)23-5-2-19(3-6-23)4-9-27(30)31/h2-9,15,20-22H,10-14,16-18H2,1H3,(H,30,31). The van der Waals surface area contributed by atoms with E-state index in [0.29, 0.717) is 13.2 Å². The minimum Gasteiger partial charge on any atom is -0.496 e. The average Bonchev–Trinajstić information content (AvgIpc) is 3.33. The molecule has 7 rings (SSSR count). The molecule has 5 nitrogen and oxygen atoms in total. The molecule has 0 spiro atoms. The summed E-state index contributed by atoms with van der Waals surface area (Å²) in [6, 6.07) is 14.4. The van der Waals surface area contributed by atoms with Gasteiger partial charge in [0.05, 0.1) is 25.9 Å². The lowest BCUT2D eigenvalue weighted by Gasteiger charge is -2.57. The summed E-state index contributed by atoms with van der Waals surface area (Å²) in [6.07, 6.45) is 10.9. The maximum Gasteiger partial charge on any atom is 0.328 e. The minimum atomic E-state index is -1.03. The van der Waals surface area contributed by atoms with E-state index in [0.717, 1.165) is 46.3 Å². The number of methoxy groups -OCH3 is 1. The fourth-order valence-electron chi connectivity index (χ4n) is 7.63. The lowest BCUT2D eigenvalue weighted by atomic mass is 9.48. The quantitative estimate of drug-likeness (QED) is 0.576. The highest BCUT2D eigenvalue weighted by Crippen LogP contribution is 2.61. The summed E-state index contributed by atoms with van der Waals surface area (Å²) in [7, 11) is 1.70. The van der Waals surface area contributed by atoms with E-state index in [2.05, 4.69) is 18.2 Å². The van der Waals surface area contributed by atoms with E-state index in [4.69, 9.17) is 19.3 Å². The van der Waals surface area contributed by atoms with Gasteiger partial charge < -0.3 is 19.3 Å². The van der Waals surface area contributed by atoms with Crippen LogP contribution < -0.4 is 4.74 Å². The van der Waals surface area contributed by atoms with Crippen molar-refractivity contribution in [1.29, 1.82) is 0 Å². The van der Waals surface area contributed by atoms with Crippen LogP contribution in [0.15, 0.2) is 48.5 Å². The highest BCUT2D eigenvalue weighted by atomic mass is 16.7. The molecule has 5 aliphatic rings. The van der Waals surface area contributed by atoms with Gasteiger partial charge in [-0.25, -0.2) is 4.79 Å². The maximum atomic E-state index is 10.9. The first-order chi connectivity index (χ1) is 16.5. The molecule has 0 radical (unpaired) electrons. The summed E-state index contributed by atoms with van der Waals surface area (Å²) in [6.45, 7) is 1.01. The Kier molecular flexibility index (Phi) is 5.30. The van der Waals surface area contributed by atoms with Crippen molar-refractivity contribution < 1.29 is 24.1 Å². The van der Waals surface area contributed by atoms with E-state index >= 15 is 0 Å². The van der Waals surface area contributed by atoms with Gasteiger partial charge in [0.1, 0.15) is 5.75 Å². The van der Waals surface area contributed by atoms with Crippen molar-refractivity contribution in [3.8, 4) is 5.75 Å². The van der Waals surface area contributed by atoms with E-state index in [1.54, 1.807) is 13.2 Å². The number of hydrogen-bond donors (Lipinski definition) is 1. The third-order valence-corrected chi connectivity index (χ3v) is 8.61. The van der Waals surface area contributed by atoms with Crippen LogP contribution in [-0.4, -0.2) is 31.4 Å². The third-order valence-electron chi connectivity index (χ3n) is 8.61. The average molecular weight is 461 g/mol. The summed E-state index contributed by atoms with van der Waals surface area (Å²) in [4.78, 5) is 10.9. The molecule has 1 heterocycles. The van der Waals surface area contributed by atoms with Crippen molar-refractivity contribution in [1.82, 2.24) is 0 Å². The minimum absolute atomic E-state index is 0.265. The number of ether oxygens (including phenoxy) is 3. The predicted octanol–water partition coefficient (Wildman–Crippen LogP) is 5.51. The highest BCUT2D eigenvalue weighted by molar-refractivity contribution is 5.85. The van der Waals surface area contributed by atoms with Crippen molar-refractivity contribution >= 4 is 12.0 Å². The molecule has 4 bridgehead atoms. The maximum absolute atomic E-state index is 10.9. The first kappa shape index (κ1) is 21.9. The third kappa shape index (κ3) is 3.57. The van der Waals surface area contributed by atoms with E-state index < -0.39 is 11.8 Å². The van der Waals surface area contributed by atoms with Crippen LogP contribution in [0.25, 0.3) is 6.08 Å². The second-order valence-corrected chi connectivity index (χ2v) is 10.7. The molecule has 0 atom stereocenters. The van der Waals surface area contributed by atoms with Gasteiger partial charge in [-0.1, -0.05) is 30.3 Å². The van der Waals surface area contributed by atoms with E-state index in [1.165, 1.54) is 44.1 Å². The molecule has 1 saturated heterocycles. The molecule has 2 aromatic rings. The number of carboxylic acid groups (broad SMARTS) is 1. The largest absolute Gasteiger partial charge is 0.496 e. The van der Waals surface area contributed by atoms with Crippen LogP contribution >= 0.6 is 0 Å². The molecule has 0 amide bonds. The number of benzene rings is 2. The molecule has 5 heteroatoms. The Bertz CT molecular complexity index is 1070. The van der Waals surface area contributed by atoms with E-state index in [-0.39, 0.29) is 5.41 Å². The molecule has 0 aromatic heterocycles. The van der Waals surface area contributed by atoms with Crippen LogP contribution in [0, 0.1) is 17.8 Å². The van der Waals surface area contributed by atoms with Gasteiger partial charge in [0.25, 0.3) is 0 Å². The Morgan fingerprint density at radius 3 is 2.09 bits per heavy atom. The zero-order valence-corrected chi connectivity index (χ0v) is 19.7. The molecule has 4 saturated carbocycles. The van der Waals surface area contributed by atoms with Crippen molar-refractivity contribution in [2.75, 3.05) is 20.3 Å². The predicted molar refractivity (Wildman–Crippen MR) is 129 cm³/mol. The van der Waals surface area contributed by atoms with Crippen molar-refractivity contribution in [3.05, 3.63) is 70.8 Å². The SMILES string of the molecule is COc1ccc(C23CC4CC(CC(C4)C2)C3)cc1C1(c2ccc(C=CC(=O)O)cc2)OCCO1. The van der Waals surface area contributed by atoms with Gasteiger partial charge in [0, 0.05) is 11.6 Å². The van der Waals surface area contributed by atoms with Gasteiger partial charge in [-0.15, -0.1) is 0 Å². The zero-order valence-electron chi connectivity index (χ0n) is 19.7. The van der Waals surface area contributed by atoms with Crippen LogP contribution in [0.4, 0.5) is 0 Å². The molecule has 0 unspecified atom stereocenters. The molecule has 5 fully saturated rings. The Morgan fingerprint density at radius 2 is 1.53 bits per heavy atom. The fraction of sp³-hybridized carbons (Fsp3) is 0.483. The summed E-state index contributed by atoms with van der Waals surface area (Å²) in [5.41, 5.74) is 4.30. The van der Waals surface area contributed by atoms with Crippen molar-refractivity contribution in [2.45, 2.75) is 49.7 Å². The lowest BCUT2D eigenvalue weighted by molar-refractivity contribution is -0.131. The molecule has 1 N–H and O–H groups in total. The fourth-order valence-corrected chi connectivity index (χ4v) is 7.63. The van der Waals surface area contributed by atoms with Crippen LogP contribution in [-0.2, 0) is 25.5 Å². The van der Waals surface area contributed by atoms with Gasteiger partial charge in [0.2, 0.25) is 5.79 Å². The first-order valence-corrected chi connectivity index (χ1v) is 12.5. The number of hydrogen-bond acceptors (Lipinski definition) is 4. The van der Waals surface area contributed by atoms with Gasteiger partial charge in [0.15, 0.2) is 0 Å². The Labute approximate surface area is 200 Å². The molecular formula is C29H32O5. The summed E-state index contributed by atoms with van der Waals surface area (Å²) in [5.74, 6) is 1.39. The number of carboxylic acids is 1. The molecule has 4 aliphatic carbocycles. The Morgan fingerprint density at radius 1 is 0.941 bits per heavy atom. The Hall–Kier alpha value is -2.63. The van der Waals surface area contributed by atoms with Crippen molar-refractivity contribution in [2.24, 2.45) is 17.8 Å². The van der Waals surface area contributed by atoms with E-state index in [9.17, 15) is 4.79 Å². The smallest absolute Gasteiger partial charge is 0.328 e. The summed E-state index contributed by atoms with van der Waals surface area (Å²) < 4.78 is 18.5. The van der Waals surface area contributed by atoms with Gasteiger partial charge in [-0.05, 0) is 91.0 Å². The summed E-state index contributed by atoms with van der Waals surface area (Å²) >= 11 is 0. The van der Waals surface area contributed by atoms with Gasteiger partial charge >= 0.3 is 5.97 Å². The number of carbonyl (C=O) groups is 1.